The molecule has 3 heterocycles. The lowest BCUT2D eigenvalue weighted by molar-refractivity contribution is -0.119. The van der Waals surface area contributed by atoms with Gasteiger partial charge in [-0.05, 0) is 37.1 Å². The molecule has 0 aliphatic carbocycles. The van der Waals surface area contributed by atoms with Crippen molar-refractivity contribution >= 4 is 28.9 Å². The van der Waals surface area contributed by atoms with Crippen LogP contribution in [0.25, 0.3) is 0 Å². The summed E-state index contributed by atoms with van der Waals surface area (Å²) in [5.74, 6) is 1.48. The van der Waals surface area contributed by atoms with E-state index in [2.05, 4.69) is 38.9 Å². The molecule has 0 radical (unpaired) electrons. The van der Waals surface area contributed by atoms with Crippen LogP contribution in [0.1, 0.15) is 46.0 Å². The van der Waals surface area contributed by atoms with E-state index >= 15 is 0 Å². The van der Waals surface area contributed by atoms with E-state index < -0.39 is 0 Å². The number of hydrogen-bond acceptors (Lipinski definition) is 6. The van der Waals surface area contributed by atoms with Crippen molar-refractivity contribution in [3.05, 3.63) is 36.4 Å². The van der Waals surface area contributed by atoms with E-state index in [9.17, 15) is 9.18 Å². The van der Waals surface area contributed by atoms with Crippen LogP contribution in [0.4, 0.5) is 27.4 Å². The molecular formula is C24H33FN6O. The van der Waals surface area contributed by atoms with Crippen LogP contribution in [0.3, 0.4) is 0 Å². The highest BCUT2D eigenvalue weighted by molar-refractivity contribution is 6.07. The van der Waals surface area contributed by atoms with Crippen molar-refractivity contribution in [1.29, 1.82) is 0 Å². The summed E-state index contributed by atoms with van der Waals surface area (Å²) >= 11 is 0. The Kier molecular flexibility index (Phi) is 7.07. The third-order valence-corrected chi connectivity index (χ3v) is 6.30. The Bertz CT molecular complexity index is 913. The molecule has 1 amide bonds. The second-order valence-electron chi connectivity index (χ2n) is 8.53. The fraction of sp³-hybridized carbons (Fsp3) is 0.542. The molecule has 1 aromatic heterocycles. The molecule has 8 heteroatoms. The minimum absolute atomic E-state index is 0.125. The van der Waals surface area contributed by atoms with E-state index in [1.165, 1.54) is 12.1 Å². The second kappa shape index (κ2) is 10.1. The van der Waals surface area contributed by atoms with Gasteiger partial charge in [-0.15, -0.1) is 0 Å². The molecule has 1 saturated heterocycles. The zero-order valence-electron chi connectivity index (χ0n) is 19.1. The zero-order valence-corrected chi connectivity index (χ0v) is 19.1. The Morgan fingerprint density at radius 2 is 1.69 bits per heavy atom. The lowest BCUT2D eigenvalue weighted by atomic mass is 10.0. The Morgan fingerprint density at radius 1 is 1.00 bits per heavy atom. The summed E-state index contributed by atoms with van der Waals surface area (Å²) in [7, 11) is 0. The molecule has 0 bridgehead atoms. The number of hydrogen-bond donors (Lipinski definition) is 1. The Morgan fingerprint density at radius 3 is 2.38 bits per heavy atom. The van der Waals surface area contributed by atoms with Crippen LogP contribution < -0.4 is 20.0 Å². The maximum absolute atomic E-state index is 13.4. The highest BCUT2D eigenvalue weighted by atomic mass is 19.1. The molecule has 4 rings (SSSR count). The van der Waals surface area contributed by atoms with Gasteiger partial charge in [0.05, 0.1) is 0 Å². The summed E-state index contributed by atoms with van der Waals surface area (Å²) in [5, 5.41) is 3.39. The normalized spacial score (nSPS) is 18.5. The van der Waals surface area contributed by atoms with Gasteiger partial charge in [0.15, 0.2) is 11.6 Å². The Hall–Kier alpha value is -2.90. The van der Waals surface area contributed by atoms with Crippen molar-refractivity contribution in [2.75, 3.05) is 52.7 Å². The lowest BCUT2D eigenvalue weighted by Gasteiger charge is -2.40. The number of unbranched alkanes of at least 4 members (excludes halogenated alkanes) is 2. The van der Waals surface area contributed by atoms with E-state index in [-0.39, 0.29) is 17.8 Å². The fourth-order valence-corrected chi connectivity index (χ4v) is 4.45. The monoisotopic (exact) mass is 440 g/mol. The molecule has 2 aliphatic rings. The number of halogens is 1. The molecule has 7 nitrogen and oxygen atoms in total. The second-order valence-corrected chi connectivity index (χ2v) is 8.53. The van der Waals surface area contributed by atoms with E-state index in [4.69, 9.17) is 0 Å². The van der Waals surface area contributed by atoms with Gasteiger partial charge in [0.1, 0.15) is 23.9 Å². The van der Waals surface area contributed by atoms with Gasteiger partial charge in [-0.3, -0.25) is 4.79 Å². The van der Waals surface area contributed by atoms with E-state index in [1.807, 2.05) is 17.0 Å². The van der Waals surface area contributed by atoms with Crippen LogP contribution in [0.5, 0.6) is 0 Å². The van der Waals surface area contributed by atoms with Gasteiger partial charge in [-0.25, -0.2) is 14.4 Å². The summed E-state index contributed by atoms with van der Waals surface area (Å²) < 4.78 is 13.3. The number of carbonyl (C=O) groups is 1. The number of piperazine rings is 1. The molecule has 172 valence electrons. The summed E-state index contributed by atoms with van der Waals surface area (Å²) in [6.45, 7) is 8.12. The molecule has 2 aliphatic heterocycles. The predicted octanol–water partition coefficient (Wildman–Crippen LogP) is 4.06. The van der Waals surface area contributed by atoms with Crippen LogP contribution in [0.15, 0.2) is 30.6 Å². The average Bonchev–Trinajstić information content (AvgIpc) is 2.82. The summed E-state index contributed by atoms with van der Waals surface area (Å²) in [6.07, 6.45) is 6.43. The Labute approximate surface area is 189 Å². The molecule has 1 N–H and O–H groups in total. The van der Waals surface area contributed by atoms with Gasteiger partial charge >= 0.3 is 0 Å². The number of fused-ring (bicyclic) bond motifs is 1. The highest BCUT2D eigenvalue weighted by Crippen LogP contribution is 2.38. The highest BCUT2D eigenvalue weighted by Gasteiger charge is 2.36. The van der Waals surface area contributed by atoms with Crippen molar-refractivity contribution in [3.8, 4) is 0 Å². The van der Waals surface area contributed by atoms with E-state index in [1.54, 1.807) is 6.33 Å². The Balaban J connectivity index is 1.56. The van der Waals surface area contributed by atoms with Crippen molar-refractivity contribution < 1.29 is 9.18 Å². The zero-order chi connectivity index (χ0) is 22.5. The number of amides is 1. The first-order valence-electron chi connectivity index (χ1n) is 11.8. The van der Waals surface area contributed by atoms with Gasteiger partial charge in [-0.1, -0.05) is 33.1 Å². The summed E-state index contributed by atoms with van der Waals surface area (Å²) in [5.41, 5.74) is 1.84. The first-order chi connectivity index (χ1) is 15.6. The van der Waals surface area contributed by atoms with Crippen molar-refractivity contribution in [2.45, 2.75) is 52.0 Å². The van der Waals surface area contributed by atoms with Gasteiger partial charge in [0.25, 0.3) is 0 Å². The standard InChI is InChI=1S/C24H33FN6O/c1-3-5-7-20-24(32)31(12-6-4-2)21-22(28-20)26-17-27-23(21)30-15-13-29(14-16-30)19-10-8-18(25)9-11-19/h8-11,17,20H,3-7,12-16H2,1-2H3,(H,26,27,28)/t20-/m0/s1. The van der Waals surface area contributed by atoms with Crippen molar-refractivity contribution in [1.82, 2.24) is 9.97 Å². The molecule has 1 fully saturated rings. The maximum atomic E-state index is 13.4. The first-order valence-corrected chi connectivity index (χ1v) is 11.8. The van der Waals surface area contributed by atoms with Gasteiger partial charge in [-0.2, -0.15) is 0 Å². The molecule has 0 unspecified atom stereocenters. The van der Waals surface area contributed by atoms with Crippen LogP contribution in [-0.4, -0.2) is 54.6 Å². The predicted molar refractivity (Wildman–Crippen MR) is 127 cm³/mol. The molecule has 0 spiro atoms. The fourth-order valence-electron chi connectivity index (χ4n) is 4.45. The van der Waals surface area contributed by atoms with E-state index in [0.717, 1.165) is 81.3 Å². The lowest BCUT2D eigenvalue weighted by Crippen LogP contribution is -2.51. The maximum Gasteiger partial charge on any atom is 0.249 e. The molecule has 2 aromatic rings. The topological polar surface area (TPSA) is 64.6 Å². The van der Waals surface area contributed by atoms with Gasteiger partial charge in [0, 0.05) is 38.4 Å². The summed E-state index contributed by atoms with van der Waals surface area (Å²) in [4.78, 5) is 28.9. The summed E-state index contributed by atoms with van der Waals surface area (Å²) in [6, 6.07) is 6.42. The van der Waals surface area contributed by atoms with Gasteiger partial charge < -0.3 is 20.0 Å². The number of nitrogens with one attached hydrogen (secondary N) is 1. The number of carbonyl (C=O) groups excluding carboxylic acids is 1. The third-order valence-electron chi connectivity index (χ3n) is 6.30. The largest absolute Gasteiger partial charge is 0.368 e. The molecule has 32 heavy (non-hydrogen) atoms. The van der Waals surface area contributed by atoms with Crippen LogP contribution in [0.2, 0.25) is 0 Å². The third kappa shape index (κ3) is 4.64. The van der Waals surface area contributed by atoms with Crippen molar-refractivity contribution in [2.24, 2.45) is 0 Å². The quantitative estimate of drug-likeness (QED) is 0.668. The smallest absolute Gasteiger partial charge is 0.249 e. The van der Waals surface area contributed by atoms with Crippen molar-refractivity contribution in [3.63, 3.8) is 0 Å². The minimum atomic E-state index is -0.225. The van der Waals surface area contributed by atoms with Crippen LogP contribution in [0, 0.1) is 5.82 Å². The van der Waals surface area contributed by atoms with E-state index in [0.29, 0.717) is 6.54 Å². The SMILES string of the molecule is CCCC[C@@H]1Nc2ncnc(N3CCN(c4ccc(F)cc4)CC3)c2N(CCCC)C1=O. The molecule has 1 aromatic carbocycles. The molecule has 0 saturated carbocycles. The van der Waals surface area contributed by atoms with Crippen LogP contribution >= 0.6 is 0 Å². The number of benzene rings is 1. The number of anilines is 4. The average molecular weight is 441 g/mol. The van der Waals surface area contributed by atoms with Gasteiger partial charge in [0.2, 0.25) is 5.91 Å². The number of aromatic nitrogens is 2. The number of rotatable bonds is 8. The molecule has 1 atom stereocenters. The molecular weight excluding hydrogens is 407 g/mol. The first kappa shape index (κ1) is 22.3. The minimum Gasteiger partial charge on any atom is -0.368 e. The van der Waals surface area contributed by atoms with Crippen LogP contribution in [-0.2, 0) is 4.79 Å². The number of nitrogens with zero attached hydrogens (tertiary/aromatic N) is 5.